The average Bonchev–Trinajstić information content (AvgIpc) is 2.47. The number of carbonyl (C=O) groups excluding carboxylic acids is 2. The van der Waals surface area contributed by atoms with Gasteiger partial charge in [0.15, 0.2) is 0 Å². The van der Waals surface area contributed by atoms with E-state index in [-0.39, 0.29) is 18.5 Å². The van der Waals surface area contributed by atoms with Gasteiger partial charge in [-0.1, -0.05) is 19.8 Å². The topological polar surface area (TPSA) is 66.4 Å². The number of carbonyl (C=O) groups is 2. The third-order valence-electron chi connectivity index (χ3n) is 2.71. The summed E-state index contributed by atoms with van der Waals surface area (Å²) in [5.41, 5.74) is 0. The molecule has 1 saturated heterocycles. The Morgan fingerprint density at radius 3 is 2.87 bits per heavy atom. The van der Waals surface area contributed by atoms with Crippen LogP contribution in [-0.2, 0) is 14.3 Å². The number of esters is 1. The fourth-order valence-electron chi connectivity index (χ4n) is 1.89. The molecular formula is C11H17O4-. The Balaban J connectivity index is 2.28. The molecule has 0 aromatic carbocycles. The highest BCUT2D eigenvalue weighted by Crippen LogP contribution is 2.27. The number of ether oxygens (including phenoxy) is 1. The normalized spacial score (nSPS) is 25.3. The van der Waals surface area contributed by atoms with Gasteiger partial charge in [0.05, 0.1) is 5.92 Å². The molecule has 2 atom stereocenters. The predicted molar refractivity (Wildman–Crippen MR) is 51.8 cm³/mol. The van der Waals surface area contributed by atoms with Gasteiger partial charge in [-0.15, -0.1) is 0 Å². The minimum absolute atomic E-state index is 0.0756. The van der Waals surface area contributed by atoms with E-state index < -0.39 is 11.9 Å². The van der Waals surface area contributed by atoms with E-state index in [0.29, 0.717) is 6.42 Å². The van der Waals surface area contributed by atoms with Gasteiger partial charge in [-0.2, -0.15) is 0 Å². The van der Waals surface area contributed by atoms with Crippen molar-refractivity contribution in [3.8, 4) is 0 Å². The van der Waals surface area contributed by atoms with Crippen LogP contribution in [0.25, 0.3) is 0 Å². The molecule has 1 fully saturated rings. The molecule has 1 rings (SSSR count). The number of carboxylic acid groups (broad SMARTS) is 1. The SMILES string of the molecule is CCCCC[C@H]1C[C@H](CC(=O)[O-])C(=O)O1. The van der Waals surface area contributed by atoms with Gasteiger partial charge in [0, 0.05) is 12.4 Å². The van der Waals surface area contributed by atoms with Gasteiger partial charge in [-0.05, 0) is 19.3 Å². The zero-order valence-corrected chi connectivity index (χ0v) is 9.03. The lowest BCUT2D eigenvalue weighted by atomic mass is 9.99. The van der Waals surface area contributed by atoms with Crippen molar-refractivity contribution < 1.29 is 19.4 Å². The second-order valence-electron chi connectivity index (χ2n) is 4.06. The standard InChI is InChI=1S/C11H18O4/c1-2-3-4-5-9-6-8(7-10(12)13)11(14)15-9/h8-9H,2-7H2,1H3,(H,12,13)/p-1/t8-,9+/m1/s1. The summed E-state index contributed by atoms with van der Waals surface area (Å²) in [5, 5.41) is 10.3. The summed E-state index contributed by atoms with van der Waals surface area (Å²) < 4.78 is 5.09. The molecule has 1 heterocycles. The van der Waals surface area contributed by atoms with E-state index in [1.54, 1.807) is 0 Å². The zero-order chi connectivity index (χ0) is 11.3. The van der Waals surface area contributed by atoms with Crippen LogP contribution < -0.4 is 5.11 Å². The summed E-state index contributed by atoms with van der Waals surface area (Å²) in [4.78, 5) is 21.6. The largest absolute Gasteiger partial charge is 0.550 e. The number of aliphatic carboxylic acids is 1. The fourth-order valence-corrected chi connectivity index (χ4v) is 1.89. The first-order valence-corrected chi connectivity index (χ1v) is 5.53. The van der Waals surface area contributed by atoms with Crippen LogP contribution >= 0.6 is 0 Å². The molecule has 0 aromatic rings. The summed E-state index contributed by atoms with van der Waals surface area (Å²) in [5.74, 6) is -2.03. The average molecular weight is 213 g/mol. The van der Waals surface area contributed by atoms with Gasteiger partial charge in [0.1, 0.15) is 6.10 Å². The van der Waals surface area contributed by atoms with Gasteiger partial charge < -0.3 is 14.6 Å². The second kappa shape index (κ2) is 5.73. The minimum Gasteiger partial charge on any atom is -0.550 e. The molecule has 0 spiro atoms. The highest BCUT2D eigenvalue weighted by Gasteiger charge is 2.33. The minimum atomic E-state index is -1.17. The first kappa shape index (κ1) is 12.0. The molecule has 4 heteroatoms. The lowest BCUT2D eigenvalue weighted by Gasteiger charge is -2.07. The molecule has 1 aliphatic heterocycles. The Bertz CT molecular complexity index is 237. The van der Waals surface area contributed by atoms with Crippen LogP contribution in [0.5, 0.6) is 0 Å². The molecule has 0 amide bonds. The summed E-state index contributed by atoms with van der Waals surface area (Å²) in [6, 6.07) is 0. The molecule has 0 aromatic heterocycles. The summed E-state index contributed by atoms with van der Waals surface area (Å²) >= 11 is 0. The maximum absolute atomic E-state index is 11.2. The van der Waals surface area contributed by atoms with Crippen LogP contribution in [0.2, 0.25) is 0 Å². The second-order valence-corrected chi connectivity index (χ2v) is 4.06. The fraction of sp³-hybridized carbons (Fsp3) is 0.818. The van der Waals surface area contributed by atoms with E-state index in [0.717, 1.165) is 25.7 Å². The Morgan fingerprint density at radius 1 is 1.53 bits per heavy atom. The van der Waals surface area contributed by atoms with E-state index >= 15 is 0 Å². The van der Waals surface area contributed by atoms with Crippen LogP contribution in [-0.4, -0.2) is 18.0 Å². The van der Waals surface area contributed by atoms with Crippen LogP contribution in [0.15, 0.2) is 0 Å². The third-order valence-corrected chi connectivity index (χ3v) is 2.71. The monoisotopic (exact) mass is 213 g/mol. The van der Waals surface area contributed by atoms with E-state index in [1.807, 2.05) is 0 Å². The van der Waals surface area contributed by atoms with Gasteiger partial charge in [0.2, 0.25) is 0 Å². The van der Waals surface area contributed by atoms with E-state index in [1.165, 1.54) is 0 Å². The summed E-state index contributed by atoms with van der Waals surface area (Å²) in [6.07, 6.45) is 4.39. The van der Waals surface area contributed by atoms with E-state index in [4.69, 9.17) is 4.74 Å². The van der Waals surface area contributed by atoms with Gasteiger partial charge in [-0.3, -0.25) is 4.79 Å². The molecule has 15 heavy (non-hydrogen) atoms. The molecule has 0 saturated carbocycles. The highest BCUT2D eigenvalue weighted by atomic mass is 16.6. The molecule has 0 aliphatic carbocycles. The van der Waals surface area contributed by atoms with Crippen LogP contribution in [0.1, 0.15) is 45.4 Å². The van der Waals surface area contributed by atoms with Crippen molar-refractivity contribution in [2.75, 3.05) is 0 Å². The molecular weight excluding hydrogens is 196 g/mol. The van der Waals surface area contributed by atoms with E-state index in [2.05, 4.69) is 6.92 Å². The van der Waals surface area contributed by atoms with Crippen LogP contribution in [0, 0.1) is 5.92 Å². The lowest BCUT2D eigenvalue weighted by molar-refractivity contribution is -0.306. The first-order valence-electron chi connectivity index (χ1n) is 5.53. The van der Waals surface area contributed by atoms with Gasteiger partial charge in [-0.25, -0.2) is 0 Å². The molecule has 86 valence electrons. The Hall–Kier alpha value is -1.06. The summed E-state index contributed by atoms with van der Waals surface area (Å²) in [6.45, 7) is 2.11. The van der Waals surface area contributed by atoms with Gasteiger partial charge >= 0.3 is 5.97 Å². The molecule has 0 unspecified atom stereocenters. The quantitative estimate of drug-likeness (QED) is 0.479. The van der Waals surface area contributed by atoms with Crippen molar-refractivity contribution in [2.24, 2.45) is 5.92 Å². The van der Waals surface area contributed by atoms with Crippen LogP contribution in [0.3, 0.4) is 0 Å². The predicted octanol–water partition coefficient (Wildman–Crippen LogP) is 0.638. The number of hydrogen-bond acceptors (Lipinski definition) is 4. The maximum Gasteiger partial charge on any atom is 0.309 e. The number of cyclic esters (lactones) is 1. The van der Waals surface area contributed by atoms with E-state index in [9.17, 15) is 14.7 Å². The van der Waals surface area contributed by atoms with Crippen molar-refractivity contribution in [3.63, 3.8) is 0 Å². The lowest BCUT2D eigenvalue weighted by Crippen LogP contribution is -2.26. The Morgan fingerprint density at radius 2 is 2.27 bits per heavy atom. The van der Waals surface area contributed by atoms with Crippen molar-refractivity contribution in [1.82, 2.24) is 0 Å². The third kappa shape index (κ3) is 3.90. The van der Waals surface area contributed by atoms with Crippen molar-refractivity contribution >= 4 is 11.9 Å². The molecule has 1 aliphatic rings. The molecule has 0 bridgehead atoms. The number of hydrogen-bond donors (Lipinski definition) is 0. The van der Waals surface area contributed by atoms with Crippen LogP contribution in [0.4, 0.5) is 0 Å². The van der Waals surface area contributed by atoms with Gasteiger partial charge in [0.25, 0.3) is 0 Å². The molecule has 4 nitrogen and oxygen atoms in total. The van der Waals surface area contributed by atoms with Crippen molar-refractivity contribution in [1.29, 1.82) is 0 Å². The highest BCUT2D eigenvalue weighted by molar-refractivity contribution is 5.79. The van der Waals surface area contributed by atoms with Crippen molar-refractivity contribution in [3.05, 3.63) is 0 Å². The molecule has 0 radical (unpaired) electrons. The number of rotatable bonds is 6. The maximum atomic E-state index is 11.2. The molecule has 0 N–H and O–H groups in total. The summed E-state index contributed by atoms with van der Waals surface area (Å²) in [7, 11) is 0. The smallest absolute Gasteiger partial charge is 0.309 e. The Labute approximate surface area is 89.6 Å². The zero-order valence-electron chi connectivity index (χ0n) is 9.03. The van der Waals surface area contributed by atoms with Crippen molar-refractivity contribution in [2.45, 2.75) is 51.6 Å². The number of unbranched alkanes of at least 4 members (excludes halogenated alkanes) is 2. The number of carboxylic acids is 1. The Kier molecular flexibility index (Phi) is 4.59. The first-order chi connectivity index (χ1) is 7.13.